The van der Waals surface area contributed by atoms with E-state index in [2.05, 4.69) is 20.8 Å². The Morgan fingerprint density at radius 3 is 2.02 bits per heavy atom. The summed E-state index contributed by atoms with van der Waals surface area (Å²) in [4.78, 5) is 8.40. The van der Waals surface area contributed by atoms with Crippen molar-refractivity contribution in [3.63, 3.8) is 0 Å². The van der Waals surface area contributed by atoms with Crippen LogP contribution in [0.1, 0.15) is 5.56 Å². The molecule has 0 aliphatic heterocycles. The van der Waals surface area contributed by atoms with Gasteiger partial charge < -0.3 is 9.46 Å². The fraction of sp³-hybridized carbons (Fsp3) is 0.0625. The summed E-state index contributed by atoms with van der Waals surface area (Å²) in [6.45, 7) is 1.91. The minimum absolute atomic E-state index is 0. The van der Waals surface area contributed by atoms with Gasteiger partial charge in [-0.2, -0.15) is 18.2 Å². The molecule has 6 aromatic rings. The van der Waals surface area contributed by atoms with Crippen LogP contribution in [0.3, 0.4) is 0 Å². The Morgan fingerprint density at radius 1 is 0.750 bits per heavy atom. The molecule has 0 spiro atoms. The average Bonchev–Trinajstić information content (AvgIpc) is 2.99. The van der Waals surface area contributed by atoms with Crippen molar-refractivity contribution < 1.29 is 33.6 Å². The van der Waals surface area contributed by atoms with Crippen LogP contribution in [0.5, 0.6) is 5.75 Å². The van der Waals surface area contributed by atoms with Crippen molar-refractivity contribution in [2.45, 2.75) is 11.8 Å². The van der Waals surface area contributed by atoms with Gasteiger partial charge in [0.2, 0.25) is 0 Å². The molecule has 0 bridgehead atoms. The monoisotopic (exact) mass is 639 g/mol. The number of rotatable bonds is 4. The van der Waals surface area contributed by atoms with E-state index in [0.717, 1.165) is 33.0 Å². The van der Waals surface area contributed by atoms with Crippen molar-refractivity contribution in [2.24, 2.45) is 0 Å². The first-order valence-corrected chi connectivity index (χ1v) is 13.6. The predicted molar refractivity (Wildman–Crippen MR) is 157 cm³/mol. The number of aryl methyl sites for hydroxylation is 1. The van der Waals surface area contributed by atoms with Gasteiger partial charge in [-0.05, 0) is 48.0 Å². The second-order valence-corrected chi connectivity index (χ2v) is 9.96. The van der Waals surface area contributed by atoms with Crippen LogP contribution in [0.15, 0.2) is 133 Å². The van der Waals surface area contributed by atoms with Crippen LogP contribution < -0.4 is 4.74 Å². The van der Waals surface area contributed by atoms with Gasteiger partial charge >= 0.3 is 20.4 Å². The van der Waals surface area contributed by atoms with Crippen LogP contribution in [-0.4, -0.2) is 25.5 Å². The van der Waals surface area contributed by atoms with Gasteiger partial charge in [-0.1, -0.05) is 60.2 Å². The molecule has 204 valence electrons. The molecule has 0 aliphatic rings. The normalized spacial score (nSPS) is 10.2. The predicted octanol–water partition coefficient (Wildman–Crippen LogP) is 7.67. The maximum absolute atomic E-state index is 12.7. The largest absolute Gasteiger partial charge is 2.00 e. The number of fused-ring (bicyclic) bond motifs is 3. The summed E-state index contributed by atoms with van der Waals surface area (Å²) in [5.74, 6) is 0.878. The zero-order valence-electron chi connectivity index (χ0n) is 21.9. The quantitative estimate of drug-likeness (QED) is 0.112. The third-order valence-corrected chi connectivity index (χ3v) is 6.93. The summed E-state index contributed by atoms with van der Waals surface area (Å²) in [6, 6.07) is 35.8. The summed E-state index contributed by atoms with van der Waals surface area (Å²) in [5, 5.41) is 2.60. The van der Waals surface area contributed by atoms with E-state index in [0.29, 0.717) is 5.69 Å². The van der Waals surface area contributed by atoms with Gasteiger partial charge in [-0.3, -0.25) is 9.97 Å². The molecule has 0 aliphatic carbocycles. The Hall–Kier alpha value is -4.09. The molecule has 0 N–H and O–H groups in total. The van der Waals surface area contributed by atoms with E-state index in [1.54, 1.807) is 62.1 Å². The van der Waals surface area contributed by atoms with Gasteiger partial charge in [0.1, 0.15) is 10.0 Å². The molecule has 8 heteroatoms. The number of nitrogens with zero attached hydrogens (tertiary/aromatic N) is 3. The van der Waals surface area contributed by atoms with Crippen LogP contribution in [0.2, 0.25) is 0 Å². The first kappa shape index (κ1) is 30.5. The first-order valence-electron chi connectivity index (χ1n) is 12.1. The van der Waals surface area contributed by atoms with Crippen LogP contribution in [0.25, 0.3) is 26.4 Å². The summed E-state index contributed by atoms with van der Waals surface area (Å²) in [5.41, 5.74) is 2.15. The molecule has 0 unspecified atom stereocenters. The zero-order chi connectivity index (χ0) is 27.5. The number of pyridine rings is 2. The number of hydrogen-bond acceptors (Lipinski definition) is 5. The molecular formula is C32H27N3O3PdS. The van der Waals surface area contributed by atoms with Gasteiger partial charge in [0, 0.05) is 29.7 Å². The fourth-order valence-electron chi connectivity index (χ4n) is 3.68. The van der Waals surface area contributed by atoms with Crippen molar-refractivity contribution >= 4 is 37.4 Å². The van der Waals surface area contributed by atoms with Crippen LogP contribution in [0, 0.1) is 13.0 Å². The van der Waals surface area contributed by atoms with E-state index in [4.69, 9.17) is 4.74 Å². The molecule has 6 nitrogen and oxygen atoms in total. The second-order valence-electron chi connectivity index (χ2n) is 8.36. The minimum Gasteiger partial charge on any atom is -0.572 e. The SMILES string of the molecule is COc1cc[c-]cc1.Cc1ccc(S(=O)(=O)[N-]c2cccc3ccc4cccnc4c23)cc1.[Pd+2].c1ccncc1. The number of hydrogen-bond donors (Lipinski definition) is 0. The Labute approximate surface area is 248 Å². The van der Waals surface area contributed by atoms with Crippen LogP contribution in [-0.2, 0) is 30.4 Å². The topological polar surface area (TPSA) is 83.3 Å². The van der Waals surface area contributed by atoms with E-state index >= 15 is 0 Å². The van der Waals surface area contributed by atoms with E-state index in [-0.39, 0.29) is 25.3 Å². The molecule has 0 amide bonds. The molecule has 6 rings (SSSR count). The molecule has 0 saturated heterocycles. The van der Waals surface area contributed by atoms with Gasteiger partial charge in [0.25, 0.3) is 0 Å². The Kier molecular flexibility index (Phi) is 11.3. The van der Waals surface area contributed by atoms with Gasteiger partial charge in [-0.15, -0.1) is 17.8 Å². The Morgan fingerprint density at radius 2 is 1.43 bits per heavy atom. The standard InChI is InChI=1S/C20H15N2O2S.C7H7O.C5H5N.Pd/c1-14-7-11-17(12-8-14)25(23,24)22-18-6-2-4-15-9-10-16-5-3-13-21-20(16)19(15)18;1-8-7-5-3-2-4-6-7;1-2-4-6-5-3-1;/h2-13H,1H3;3-6H,1H3;1-5H;/q2*-1;;+2. The van der Waals surface area contributed by atoms with Crippen molar-refractivity contribution in [3.8, 4) is 5.75 Å². The van der Waals surface area contributed by atoms with Crippen molar-refractivity contribution in [1.82, 2.24) is 9.97 Å². The zero-order valence-corrected chi connectivity index (χ0v) is 24.3. The first-order chi connectivity index (χ1) is 19.0. The number of ether oxygens (including phenoxy) is 1. The second kappa shape index (κ2) is 14.9. The van der Waals surface area contributed by atoms with E-state index in [1.807, 2.05) is 79.7 Å². The maximum Gasteiger partial charge on any atom is 2.00 e. The number of aromatic nitrogens is 2. The van der Waals surface area contributed by atoms with Crippen molar-refractivity contribution in [2.75, 3.05) is 7.11 Å². The molecule has 40 heavy (non-hydrogen) atoms. The third kappa shape index (κ3) is 8.20. The summed E-state index contributed by atoms with van der Waals surface area (Å²) in [7, 11) is -2.14. The van der Waals surface area contributed by atoms with Gasteiger partial charge in [0.15, 0.2) is 0 Å². The molecule has 0 radical (unpaired) electrons. The van der Waals surface area contributed by atoms with E-state index in [1.165, 1.54) is 0 Å². The van der Waals surface area contributed by atoms with Crippen LogP contribution >= 0.6 is 0 Å². The smallest absolute Gasteiger partial charge is 0.572 e. The van der Waals surface area contributed by atoms with E-state index < -0.39 is 10.0 Å². The molecule has 0 fully saturated rings. The molecule has 0 atom stereocenters. The molecule has 2 aromatic heterocycles. The average molecular weight is 640 g/mol. The van der Waals surface area contributed by atoms with Crippen molar-refractivity contribution in [1.29, 1.82) is 0 Å². The van der Waals surface area contributed by atoms with E-state index in [9.17, 15) is 8.42 Å². The van der Waals surface area contributed by atoms with Gasteiger partial charge in [0.05, 0.1) is 17.5 Å². The number of benzene rings is 4. The van der Waals surface area contributed by atoms with Crippen LogP contribution in [0.4, 0.5) is 5.69 Å². The third-order valence-electron chi connectivity index (χ3n) is 5.62. The molecule has 2 heterocycles. The number of methoxy groups -OCH3 is 1. The van der Waals surface area contributed by atoms with Gasteiger partial charge in [-0.25, -0.2) is 8.42 Å². The van der Waals surface area contributed by atoms with Crippen molar-refractivity contribution in [3.05, 3.63) is 144 Å². The fourth-order valence-corrected chi connectivity index (χ4v) is 4.68. The minimum atomic E-state index is -3.79. The summed E-state index contributed by atoms with van der Waals surface area (Å²) in [6.07, 6.45) is 5.20. The Balaban J connectivity index is 0.000000241. The number of sulfonamides is 1. The molecule has 0 saturated carbocycles. The maximum atomic E-state index is 12.7. The Bertz CT molecular complexity index is 1710. The summed E-state index contributed by atoms with van der Waals surface area (Å²) >= 11 is 0. The molecular weight excluding hydrogens is 613 g/mol. The summed E-state index contributed by atoms with van der Waals surface area (Å²) < 4.78 is 34.4. The molecule has 4 aromatic carbocycles.